The molecule has 1 heterocycles. The summed E-state index contributed by atoms with van der Waals surface area (Å²) in [6, 6.07) is 0. The summed E-state index contributed by atoms with van der Waals surface area (Å²) in [4.78, 5) is 11.6. The highest BCUT2D eigenvalue weighted by Crippen LogP contribution is 2.22. The Morgan fingerprint density at radius 2 is 2.11 bits per heavy atom. The van der Waals surface area contributed by atoms with Gasteiger partial charge in [-0.2, -0.15) is 18.3 Å². The van der Waals surface area contributed by atoms with E-state index in [0.717, 1.165) is 0 Å². The fraction of sp³-hybridized carbons (Fsp3) is 0.636. The van der Waals surface area contributed by atoms with Crippen molar-refractivity contribution in [3.8, 4) is 0 Å². The van der Waals surface area contributed by atoms with E-state index < -0.39 is 18.2 Å². The Bertz CT molecular complexity index is 473. The summed E-state index contributed by atoms with van der Waals surface area (Å²) in [7, 11) is 0. The zero-order chi connectivity index (χ0) is 14.5. The monoisotopic (exact) mass is 297 g/mol. The molecule has 108 valence electrons. The van der Waals surface area contributed by atoms with E-state index in [-0.39, 0.29) is 11.4 Å². The van der Waals surface area contributed by atoms with Crippen LogP contribution in [0.3, 0.4) is 0 Å². The maximum Gasteiger partial charge on any atom is 0.389 e. The lowest BCUT2D eigenvalue weighted by molar-refractivity contribution is -0.135. The van der Waals surface area contributed by atoms with Crippen LogP contribution in [0.5, 0.6) is 0 Å². The van der Waals surface area contributed by atoms with Crippen LogP contribution in [0.2, 0.25) is 5.02 Å². The van der Waals surface area contributed by atoms with Crippen molar-refractivity contribution in [3.63, 3.8) is 0 Å². The Morgan fingerprint density at radius 1 is 1.42 bits per heavy atom. The second kappa shape index (κ2) is 6.79. The molecule has 0 bridgehead atoms. The van der Waals surface area contributed by atoms with Crippen molar-refractivity contribution in [2.45, 2.75) is 38.9 Å². The van der Waals surface area contributed by atoms with Gasteiger partial charge in [-0.25, -0.2) is 4.68 Å². The summed E-state index contributed by atoms with van der Waals surface area (Å²) >= 11 is 5.85. The van der Waals surface area contributed by atoms with E-state index in [1.165, 1.54) is 10.9 Å². The first kappa shape index (κ1) is 15.8. The number of hydrogen-bond acceptors (Lipinski definition) is 3. The van der Waals surface area contributed by atoms with Crippen LogP contribution in [0.25, 0.3) is 0 Å². The Labute approximate surface area is 113 Å². The summed E-state index contributed by atoms with van der Waals surface area (Å²) < 4.78 is 36.9. The Kier molecular flexibility index (Phi) is 5.65. The third-order valence-corrected chi connectivity index (χ3v) is 2.85. The summed E-state index contributed by atoms with van der Waals surface area (Å²) in [5.41, 5.74) is -0.0622. The summed E-state index contributed by atoms with van der Waals surface area (Å²) in [6.07, 6.45) is -3.16. The van der Waals surface area contributed by atoms with Gasteiger partial charge in [-0.3, -0.25) is 4.79 Å². The average molecular weight is 298 g/mol. The quantitative estimate of drug-likeness (QED) is 0.821. The molecule has 0 saturated heterocycles. The molecular weight excluding hydrogens is 283 g/mol. The number of halogens is 4. The zero-order valence-corrected chi connectivity index (χ0v) is 11.2. The minimum Gasteiger partial charge on any atom is -0.382 e. The summed E-state index contributed by atoms with van der Waals surface area (Å²) in [6.45, 7) is 2.48. The third-order valence-electron chi connectivity index (χ3n) is 2.49. The van der Waals surface area contributed by atoms with Crippen LogP contribution < -0.4 is 10.9 Å². The topological polar surface area (TPSA) is 46.9 Å². The van der Waals surface area contributed by atoms with Crippen LogP contribution in [0, 0.1) is 0 Å². The Balaban J connectivity index is 2.47. The molecule has 19 heavy (non-hydrogen) atoms. The zero-order valence-electron chi connectivity index (χ0n) is 10.4. The predicted molar refractivity (Wildman–Crippen MR) is 67.6 cm³/mol. The SMILES string of the molecule is CCn1ncc(NCCCCC(F)(F)F)c(Cl)c1=O. The fourth-order valence-electron chi connectivity index (χ4n) is 1.49. The number of rotatable bonds is 6. The lowest BCUT2D eigenvalue weighted by Crippen LogP contribution is -2.23. The second-order valence-corrected chi connectivity index (χ2v) is 4.37. The van der Waals surface area contributed by atoms with Gasteiger partial charge < -0.3 is 5.32 Å². The Morgan fingerprint density at radius 3 is 2.68 bits per heavy atom. The van der Waals surface area contributed by atoms with Crippen LogP contribution >= 0.6 is 11.6 Å². The molecule has 1 N–H and O–H groups in total. The van der Waals surface area contributed by atoms with Gasteiger partial charge in [-0.15, -0.1) is 0 Å². The number of alkyl halides is 3. The van der Waals surface area contributed by atoms with Crippen molar-refractivity contribution in [3.05, 3.63) is 21.6 Å². The van der Waals surface area contributed by atoms with Gasteiger partial charge in [0.2, 0.25) is 0 Å². The number of unbranched alkanes of at least 4 members (excludes halogenated alkanes) is 1. The number of anilines is 1. The van der Waals surface area contributed by atoms with E-state index in [2.05, 4.69) is 10.4 Å². The minimum atomic E-state index is -4.12. The molecule has 0 fully saturated rings. The van der Waals surface area contributed by atoms with E-state index >= 15 is 0 Å². The van der Waals surface area contributed by atoms with Crippen LogP contribution in [-0.4, -0.2) is 22.5 Å². The van der Waals surface area contributed by atoms with E-state index in [1.54, 1.807) is 6.92 Å². The number of aryl methyl sites for hydroxylation is 1. The second-order valence-electron chi connectivity index (χ2n) is 3.99. The van der Waals surface area contributed by atoms with Crippen LogP contribution in [0.1, 0.15) is 26.2 Å². The first-order valence-electron chi connectivity index (χ1n) is 5.91. The molecule has 0 radical (unpaired) electrons. The molecule has 8 heteroatoms. The van der Waals surface area contributed by atoms with Gasteiger partial charge in [-0.05, 0) is 19.8 Å². The molecule has 0 aliphatic carbocycles. The van der Waals surface area contributed by atoms with E-state index in [1.807, 2.05) is 0 Å². The van der Waals surface area contributed by atoms with Crippen molar-refractivity contribution < 1.29 is 13.2 Å². The molecule has 4 nitrogen and oxygen atoms in total. The highest BCUT2D eigenvalue weighted by molar-refractivity contribution is 6.32. The number of hydrogen-bond donors (Lipinski definition) is 1. The molecule has 0 amide bonds. The summed E-state index contributed by atoms with van der Waals surface area (Å²) in [5.74, 6) is 0. The van der Waals surface area contributed by atoms with Gasteiger partial charge in [0, 0.05) is 19.5 Å². The van der Waals surface area contributed by atoms with Crippen molar-refractivity contribution in [2.24, 2.45) is 0 Å². The molecule has 0 atom stereocenters. The van der Waals surface area contributed by atoms with Gasteiger partial charge in [-0.1, -0.05) is 11.6 Å². The van der Waals surface area contributed by atoms with Gasteiger partial charge in [0.05, 0.1) is 11.9 Å². The van der Waals surface area contributed by atoms with Crippen LogP contribution in [0.4, 0.5) is 18.9 Å². The largest absolute Gasteiger partial charge is 0.389 e. The normalized spacial score (nSPS) is 11.6. The molecule has 1 aromatic rings. The Hall–Kier alpha value is -1.24. The molecule has 1 aromatic heterocycles. The van der Waals surface area contributed by atoms with Gasteiger partial charge in [0.15, 0.2) is 0 Å². The molecule has 0 aromatic carbocycles. The molecule has 1 rings (SSSR count). The van der Waals surface area contributed by atoms with Crippen molar-refractivity contribution in [1.82, 2.24) is 9.78 Å². The lowest BCUT2D eigenvalue weighted by atomic mass is 10.2. The lowest BCUT2D eigenvalue weighted by Gasteiger charge is -2.10. The maximum absolute atomic E-state index is 11.9. The summed E-state index contributed by atoms with van der Waals surface area (Å²) in [5, 5.41) is 6.70. The highest BCUT2D eigenvalue weighted by atomic mass is 35.5. The predicted octanol–water partition coefficient (Wildman–Crippen LogP) is 3.06. The van der Waals surface area contributed by atoms with Crippen molar-refractivity contribution in [2.75, 3.05) is 11.9 Å². The van der Waals surface area contributed by atoms with Crippen molar-refractivity contribution in [1.29, 1.82) is 0 Å². The van der Waals surface area contributed by atoms with Gasteiger partial charge in [0.1, 0.15) is 5.02 Å². The van der Waals surface area contributed by atoms with E-state index in [9.17, 15) is 18.0 Å². The standard InChI is InChI=1S/C11H15ClF3N3O/c1-2-18-10(19)9(12)8(7-17-18)16-6-4-3-5-11(13,14)15/h7,16H,2-6H2,1H3. The van der Waals surface area contributed by atoms with Gasteiger partial charge in [0.25, 0.3) is 5.56 Å². The number of nitrogens with one attached hydrogen (secondary N) is 1. The molecule has 0 saturated carbocycles. The molecular formula is C11H15ClF3N3O. The third kappa shape index (κ3) is 5.10. The number of nitrogens with zero attached hydrogens (tertiary/aromatic N) is 2. The van der Waals surface area contributed by atoms with Gasteiger partial charge >= 0.3 is 6.18 Å². The fourth-order valence-corrected chi connectivity index (χ4v) is 1.70. The molecule has 0 spiro atoms. The van der Waals surface area contributed by atoms with E-state index in [0.29, 0.717) is 25.2 Å². The first-order chi connectivity index (χ1) is 8.85. The highest BCUT2D eigenvalue weighted by Gasteiger charge is 2.25. The maximum atomic E-state index is 11.9. The molecule has 0 aliphatic heterocycles. The van der Waals surface area contributed by atoms with Crippen LogP contribution in [0.15, 0.2) is 11.0 Å². The number of aromatic nitrogens is 2. The van der Waals surface area contributed by atoms with E-state index in [4.69, 9.17) is 11.6 Å². The first-order valence-corrected chi connectivity index (χ1v) is 6.29. The van der Waals surface area contributed by atoms with Crippen LogP contribution in [-0.2, 0) is 6.54 Å². The molecule has 0 unspecified atom stereocenters. The molecule has 0 aliphatic rings. The van der Waals surface area contributed by atoms with Crippen molar-refractivity contribution >= 4 is 17.3 Å². The minimum absolute atomic E-state index is 0.00710. The average Bonchev–Trinajstić information content (AvgIpc) is 2.33. The smallest absolute Gasteiger partial charge is 0.382 e.